The smallest absolute Gasteiger partial charge is 0.345 e. The summed E-state index contributed by atoms with van der Waals surface area (Å²) in [4.78, 5) is 25.0. The fourth-order valence-corrected chi connectivity index (χ4v) is 3.21. The average molecular weight is 452 g/mol. The Kier molecular flexibility index (Phi) is 7.09. The highest BCUT2D eigenvalue weighted by Gasteiger charge is 2.17. The van der Waals surface area contributed by atoms with E-state index in [1.807, 2.05) is 6.07 Å². The van der Waals surface area contributed by atoms with Crippen molar-refractivity contribution in [1.29, 1.82) is 5.26 Å². The van der Waals surface area contributed by atoms with E-state index in [-0.39, 0.29) is 27.7 Å². The van der Waals surface area contributed by atoms with Gasteiger partial charge in [-0.1, -0.05) is 59.6 Å². The fraction of sp³-hybridized carbons (Fsp3) is 0.0417. The topological polar surface area (TPSA) is 76.4 Å². The summed E-state index contributed by atoms with van der Waals surface area (Å²) in [5.74, 6) is -0.671. The molecule has 0 aliphatic heterocycles. The Morgan fingerprint density at radius 2 is 1.71 bits per heavy atom. The molecule has 0 bridgehead atoms. The van der Waals surface area contributed by atoms with Crippen LogP contribution in [0.25, 0.3) is 6.08 Å². The lowest BCUT2D eigenvalue weighted by atomic mass is 10.0. The van der Waals surface area contributed by atoms with Gasteiger partial charge in [-0.3, -0.25) is 4.79 Å². The molecule has 3 aromatic rings. The molecule has 0 saturated heterocycles. The minimum absolute atomic E-state index is 0.0362. The molecule has 31 heavy (non-hydrogen) atoms. The minimum Gasteiger partial charge on any atom is -0.493 e. The van der Waals surface area contributed by atoms with Gasteiger partial charge in [0.25, 0.3) is 0 Å². The van der Waals surface area contributed by atoms with E-state index in [1.54, 1.807) is 42.5 Å². The highest BCUT2D eigenvalue weighted by Crippen LogP contribution is 2.31. The van der Waals surface area contributed by atoms with Crippen LogP contribution in [0, 0.1) is 11.3 Å². The summed E-state index contributed by atoms with van der Waals surface area (Å²) in [6, 6.07) is 19.5. The van der Waals surface area contributed by atoms with Gasteiger partial charge < -0.3 is 9.47 Å². The third-order valence-electron chi connectivity index (χ3n) is 4.25. The normalized spacial score (nSPS) is 10.8. The van der Waals surface area contributed by atoms with Crippen molar-refractivity contribution in [3.8, 4) is 17.6 Å². The Bertz CT molecular complexity index is 1210. The molecule has 5 nitrogen and oxygen atoms in total. The lowest BCUT2D eigenvalue weighted by Gasteiger charge is -2.11. The number of Topliss-reactive ketones (excluding diaryl/α,β-unsaturated/α-hetero) is 1. The predicted octanol–water partition coefficient (Wildman–Crippen LogP) is 6.01. The number of carbonyl (C=O) groups excluding carboxylic acids is 2. The molecule has 3 aromatic carbocycles. The van der Waals surface area contributed by atoms with Crippen molar-refractivity contribution < 1.29 is 19.1 Å². The average Bonchev–Trinajstić information content (AvgIpc) is 2.78. The number of halogens is 2. The summed E-state index contributed by atoms with van der Waals surface area (Å²) >= 11 is 11.9. The Labute approximate surface area is 189 Å². The largest absolute Gasteiger partial charge is 0.493 e. The first-order valence-corrected chi connectivity index (χ1v) is 9.75. The molecule has 3 rings (SSSR count). The quantitative estimate of drug-likeness (QED) is 0.151. The number of ether oxygens (including phenoxy) is 2. The molecule has 0 aliphatic rings. The van der Waals surface area contributed by atoms with Crippen LogP contribution in [0.4, 0.5) is 0 Å². The summed E-state index contributed by atoms with van der Waals surface area (Å²) in [5, 5.41) is 9.99. The van der Waals surface area contributed by atoms with Crippen LogP contribution in [-0.2, 0) is 0 Å². The number of esters is 1. The zero-order valence-corrected chi connectivity index (χ0v) is 17.8. The Hall–Kier alpha value is -3.59. The van der Waals surface area contributed by atoms with Gasteiger partial charge in [0, 0.05) is 10.6 Å². The molecular formula is C24H15Cl2NO4. The van der Waals surface area contributed by atoms with Gasteiger partial charge in [-0.2, -0.15) is 5.26 Å². The molecule has 0 amide bonds. The molecule has 0 radical (unpaired) electrons. The number of allylic oxidation sites excluding steroid dienone is 1. The maximum Gasteiger partial charge on any atom is 0.345 e. The maximum atomic E-state index is 12.5. The fourth-order valence-electron chi connectivity index (χ4n) is 2.73. The van der Waals surface area contributed by atoms with Gasteiger partial charge >= 0.3 is 5.97 Å². The Morgan fingerprint density at radius 3 is 2.35 bits per heavy atom. The van der Waals surface area contributed by atoms with Gasteiger partial charge in [0.2, 0.25) is 5.78 Å². The highest BCUT2D eigenvalue weighted by molar-refractivity contribution is 6.36. The van der Waals surface area contributed by atoms with E-state index in [0.717, 1.165) is 0 Å². The number of benzene rings is 3. The number of hydrogen-bond acceptors (Lipinski definition) is 5. The van der Waals surface area contributed by atoms with Crippen molar-refractivity contribution in [2.45, 2.75) is 0 Å². The van der Waals surface area contributed by atoms with Gasteiger partial charge in [0.05, 0.1) is 17.7 Å². The molecule has 0 saturated carbocycles. The third kappa shape index (κ3) is 5.32. The standard InChI is InChI=1S/C24H15Cl2NO4/c1-30-22-12-15(11-17(14-27)23(28)16-5-3-2-4-6-16)7-10-21(22)31-24(29)19-9-8-18(25)13-20(19)26/h2-13H,1H3/b17-11+. The van der Waals surface area contributed by atoms with E-state index in [2.05, 4.69) is 0 Å². The molecule has 0 aromatic heterocycles. The Balaban J connectivity index is 1.87. The van der Waals surface area contributed by atoms with E-state index in [0.29, 0.717) is 16.1 Å². The van der Waals surface area contributed by atoms with E-state index >= 15 is 0 Å². The van der Waals surface area contributed by atoms with Crippen molar-refractivity contribution in [2.75, 3.05) is 7.11 Å². The summed E-state index contributed by atoms with van der Waals surface area (Å²) < 4.78 is 10.7. The zero-order valence-electron chi connectivity index (χ0n) is 16.3. The van der Waals surface area contributed by atoms with Gasteiger partial charge in [-0.05, 0) is 42.0 Å². The zero-order chi connectivity index (χ0) is 22.4. The van der Waals surface area contributed by atoms with Crippen molar-refractivity contribution >= 4 is 41.0 Å². The second-order valence-electron chi connectivity index (χ2n) is 6.29. The van der Waals surface area contributed by atoms with Gasteiger partial charge in [0.15, 0.2) is 11.5 Å². The molecule has 0 spiro atoms. The predicted molar refractivity (Wildman–Crippen MR) is 119 cm³/mol. The molecule has 0 heterocycles. The second kappa shape index (κ2) is 9.94. The van der Waals surface area contributed by atoms with Gasteiger partial charge in [-0.15, -0.1) is 0 Å². The summed E-state index contributed by atoms with van der Waals surface area (Å²) in [6.07, 6.45) is 1.44. The number of methoxy groups -OCH3 is 1. The number of nitrogens with zero attached hydrogens (tertiary/aromatic N) is 1. The maximum absolute atomic E-state index is 12.5. The van der Waals surface area contributed by atoms with Crippen LogP contribution in [0.5, 0.6) is 11.5 Å². The minimum atomic E-state index is -0.680. The van der Waals surface area contributed by atoms with Crippen LogP contribution in [0.3, 0.4) is 0 Å². The van der Waals surface area contributed by atoms with E-state index in [9.17, 15) is 14.9 Å². The molecular weight excluding hydrogens is 437 g/mol. The Morgan fingerprint density at radius 1 is 0.968 bits per heavy atom. The summed E-state index contributed by atoms with van der Waals surface area (Å²) in [6.45, 7) is 0. The SMILES string of the molecule is COc1cc(/C=C(\C#N)C(=O)c2ccccc2)ccc1OC(=O)c1ccc(Cl)cc1Cl. The lowest BCUT2D eigenvalue weighted by molar-refractivity contribution is 0.0729. The monoisotopic (exact) mass is 451 g/mol. The van der Waals surface area contributed by atoms with Crippen LogP contribution >= 0.6 is 23.2 Å². The molecule has 154 valence electrons. The van der Waals surface area contributed by atoms with Crippen molar-refractivity contribution in [3.63, 3.8) is 0 Å². The first kappa shape index (κ1) is 22.1. The molecule has 0 atom stereocenters. The molecule has 0 aliphatic carbocycles. The molecule has 7 heteroatoms. The van der Waals surface area contributed by atoms with Crippen LogP contribution < -0.4 is 9.47 Å². The van der Waals surface area contributed by atoms with Crippen LogP contribution in [0.1, 0.15) is 26.3 Å². The number of rotatable bonds is 6. The van der Waals surface area contributed by atoms with Crippen LogP contribution in [0.15, 0.2) is 72.3 Å². The second-order valence-corrected chi connectivity index (χ2v) is 7.13. The summed E-state index contributed by atoms with van der Waals surface area (Å²) in [7, 11) is 1.41. The van der Waals surface area contributed by atoms with Crippen LogP contribution in [0.2, 0.25) is 10.0 Å². The van der Waals surface area contributed by atoms with Crippen molar-refractivity contribution in [3.05, 3.63) is 99.0 Å². The van der Waals surface area contributed by atoms with E-state index in [1.165, 1.54) is 37.5 Å². The van der Waals surface area contributed by atoms with E-state index in [4.69, 9.17) is 32.7 Å². The first-order valence-electron chi connectivity index (χ1n) is 8.99. The number of carbonyl (C=O) groups is 2. The number of hydrogen-bond donors (Lipinski definition) is 0. The molecule has 0 N–H and O–H groups in total. The van der Waals surface area contributed by atoms with Crippen molar-refractivity contribution in [1.82, 2.24) is 0 Å². The van der Waals surface area contributed by atoms with E-state index < -0.39 is 11.8 Å². The first-order chi connectivity index (χ1) is 14.9. The number of ketones is 1. The van der Waals surface area contributed by atoms with Gasteiger partial charge in [0.1, 0.15) is 11.6 Å². The van der Waals surface area contributed by atoms with Crippen molar-refractivity contribution in [2.24, 2.45) is 0 Å². The lowest BCUT2D eigenvalue weighted by Crippen LogP contribution is -2.10. The van der Waals surface area contributed by atoms with Crippen LogP contribution in [-0.4, -0.2) is 18.9 Å². The molecule has 0 fully saturated rings. The summed E-state index contributed by atoms with van der Waals surface area (Å²) in [5.41, 5.74) is 1.05. The molecule has 0 unspecified atom stereocenters. The highest BCUT2D eigenvalue weighted by atomic mass is 35.5. The van der Waals surface area contributed by atoms with Gasteiger partial charge in [-0.25, -0.2) is 4.79 Å². The number of nitriles is 1. The third-order valence-corrected chi connectivity index (χ3v) is 4.80.